The number of aromatic nitrogens is 1. The Morgan fingerprint density at radius 3 is 3.06 bits per heavy atom. The Hall–Kier alpha value is -1.55. The minimum Gasteiger partial charge on any atom is -0.288 e. The highest BCUT2D eigenvalue weighted by atomic mass is 32.1. The Balaban J connectivity index is 2.20. The third kappa shape index (κ3) is 1.38. The van der Waals surface area contributed by atoms with Gasteiger partial charge in [0.05, 0.1) is 16.1 Å². The molecule has 1 aromatic carbocycles. The Morgan fingerprint density at radius 1 is 1.31 bits per heavy atom. The molecule has 0 saturated heterocycles. The average molecular weight is 233 g/mol. The molecule has 0 radical (unpaired) electrons. The average Bonchev–Trinajstić information content (AvgIpc) is 2.69. The van der Waals surface area contributed by atoms with E-state index in [1.807, 2.05) is 0 Å². The van der Waals surface area contributed by atoms with Crippen molar-refractivity contribution in [2.45, 2.75) is 12.8 Å². The van der Waals surface area contributed by atoms with Crippen LogP contribution >= 0.6 is 11.3 Å². The summed E-state index contributed by atoms with van der Waals surface area (Å²) in [5.41, 5.74) is 3.93. The molecule has 0 unspecified atom stereocenters. The second-order valence-corrected chi connectivity index (χ2v) is 4.61. The van der Waals surface area contributed by atoms with E-state index in [0.29, 0.717) is 23.3 Å². The molecular weight excluding hydrogens is 225 g/mol. The predicted molar refractivity (Wildman–Crippen MR) is 59.4 cm³/mol. The summed E-state index contributed by atoms with van der Waals surface area (Å²) in [6, 6.07) is 4.36. The number of benzene rings is 1. The summed E-state index contributed by atoms with van der Waals surface area (Å²) in [5.74, 6) is -0.310. The van der Waals surface area contributed by atoms with Gasteiger partial charge in [0.2, 0.25) is 5.78 Å². The number of aryl methyl sites for hydroxylation is 2. The van der Waals surface area contributed by atoms with Gasteiger partial charge in [0.15, 0.2) is 0 Å². The number of rotatable bonds is 0. The van der Waals surface area contributed by atoms with Crippen molar-refractivity contribution in [3.63, 3.8) is 0 Å². The van der Waals surface area contributed by atoms with Crippen LogP contribution in [0.3, 0.4) is 0 Å². The molecule has 0 amide bonds. The molecule has 0 bridgehead atoms. The summed E-state index contributed by atoms with van der Waals surface area (Å²) in [6.45, 7) is 0. The molecule has 1 aromatic heterocycles. The van der Waals surface area contributed by atoms with Crippen molar-refractivity contribution < 1.29 is 9.18 Å². The number of carbonyl (C=O) groups is 1. The van der Waals surface area contributed by atoms with Gasteiger partial charge in [-0.1, -0.05) is 0 Å². The Kier molecular flexibility index (Phi) is 2.11. The molecule has 0 fully saturated rings. The van der Waals surface area contributed by atoms with Crippen molar-refractivity contribution in [2.24, 2.45) is 0 Å². The quantitative estimate of drug-likeness (QED) is 0.700. The molecule has 4 heteroatoms. The number of hydrogen-bond acceptors (Lipinski definition) is 3. The number of carbonyl (C=O) groups excluding carboxylic acids is 1. The summed E-state index contributed by atoms with van der Waals surface area (Å²) in [4.78, 5) is 17.0. The predicted octanol–water partition coefficient (Wildman–Crippen LogP) is 2.61. The van der Waals surface area contributed by atoms with Crippen molar-refractivity contribution >= 4 is 17.1 Å². The van der Waals surface area contributed by atoms with Gasteiger partial charge >= 0.3 is 0 Å². The minimum atomic E-state index is -0.287. The van der Waals surface area contributed by atoms with Gasteiger partial charge in [-0.15, -0.1) is 11.3 Å². The summed E-state index contributed by atoms with van der Waals surface area (Å²) < 4.78 is 13.1. The van der Waals surface area contributed by atoms with Crippen LogP contribution in [-0.4, -0.2) is 10.8 Å². The molecular formula is C12H8FNOS. The number of nitrogens with zero attached hydrogens (tertiary/aromatic N) is 1. The SMILES string of the molecule is O=C1c2ccc(F)cc2CCc2ncsc21. The first-order valence-corrected chi connectivity index (χ1v) is 5.89. The molecule has 3 rings (SSSR count). The molecule has 1 aliphatic rings. The third-order valence-corrected chi connectivity index (χ3v) is 3.66. The molecule has 1 heterocycles. The zero-order chi connectivity index (χ0) is 11.1. The van der Waals surface area contributed by atoms with E-state index in [1.54, 1.807) is 11.6 Å². The van der Waals surface area contributed by atoms with Crippen molar-refractivity contribution in [1.29, 1.82) is 0 Å². The first kappa shape index (κ1) is 9.66. The highest BCUT2D eigenvalue weighted by Gasteiger charge is 2.23. The van der Waals surface area contributed by atoms with Gasteiger partial charge < -0.3 is 0 Å². The van der Waals surface area contributed by atoms with Crippen LogP contribution in [-0.2, 0) is 12.8 Å². The largest absolute Gasteiger partial charge is 0.288 e. The van der Waals surface area contributed by atoms with Crippen LogP contribution in [0, 0.1) is 5.82 Å². The zero-order valence-corrected chi connectivity index (χ0v) is 9.18. The van der Waals surface area contributed by atoms with E-state index >= 15 is 0 Å². The van der Waals surface area contributed by atoms with Crippen LogP contribution in [0.1, 0.15) is 26.5 Å². The second-order valence-electron chi connectivity index (χ2n) is 3.76. The van der Waals surface area contributed by atoms with E-state index in [0.717, 1.165) is 11.3 Å². The van der Waals surface area contributed by atoms with Crippen molar-refractivity contribution in [1.82, 2.24) is 4.98 Å². The molecule has 16 heavy (non-hydrogen) atoms. The van der Waals surface area contributed by atoms with Gasteiger partial charge in [-0.2, -0.15) is 0 Å². The van der Waals surface area contributed by atoms with Crippen molar-refractivity contribution in [3.05, 3.63) is 51.2 Å². The molecule has 0 spiro atoms. The Morgan fingerprint density at radius 2 is 2.19 bits per heavy atom. The number of halogens is 1. The van der Waals surface area contributed by atoms with Gasteiger partial charge in [-0.3, -0.25) is 4.79 Å². The van der Waals surface area contributed by atoms with E-state index < -0.39 is 0 Å². The molecule has 0 saturated carbocycles. The molecule has 0 N–H and O–H groups in total. The van der Waals surface area contributed by atoms with E-state index in [4.69, 9.17) is 0 Å². The first-order chi connectivity index (χ1) is 7.75. The van der Waals surface area contributed by atoms with Crippen LogP contribution in [0.4, 0.5) is 4.39 Å². The monoisotopic (exact) mass is 233 g/mol. The Bertz CT molecular complexity index is 576. The molecule has 2 aromatic rings. The zero-order valence-electron chi connectivity index (χ0n) is 8.37. The van der Waals surface area contributed by atoms with Crippen molar-refractivity contribution in [2.75, 3.05) is 0 Å². The summed E-state index contributed by atoms with van der Waals surface area (Å²) in [7, 11) is 0. The molecule has 1 aliphatic carbocycles. The maximum absolute atomic E-state index is 13.1. The van der Waals surface area contributed by atoms with E-state index in [-0.39, 0.29) is 11.6 Å². The minimum absolute atomic E-state index is 0.0231. The number of hydrogen-bond donors (Lipinski definition) is 0. The molecule has 0 aliphatic heterocycles. The fraction of sp³-hybridized carbons (Fsp3) is 0.167. The summed E-state index contributed by atoms with van der Waals surface area (Å²) >= 11 is 1.36. The van der Waals surface area contributed by atoms with E-state index in [2.05, 4.69) is 4.98 Å². The maximum Gasteiger partial charge on any atom is 0.205 e. The normalized spacial score (nSPS) is 14.2. The highest BCUT2D eigenvalue weighted by molar-refractivity contribution is 7.12. The number of fused-ring (bicyclic) bond motifs is 2. The summed E-state index contributed by atoms with van der Waals surface area (Å²) in [6.07, 6.45) is 1.39. The van der Waals surface area contributed by atoms with Gasteiger partial charge in [0.25, 0.3) is 0 Å². The topological polar surface area (TPSA) is 30.0 Å². The lowest BCUT2D eigenvalue weighted by atomic mass is 10.0. The fourth-order valence-electron chi connectivity index (χ4n) is 2.00. The van der Waals surface area contributed by atoms with Gasteiger partial charge in [-0.05, 0) is 36.6 Å². The van der Waals surface area contributed by atoms with Crippen LogP contribution in [0.5, 0.6) is 0 Å². The highest BCUT2D eigenvalue weighted by Crippen LogP contribution is 2.26. The Labute approximate surface area is 95.8 Å². The lowest BCUT2D eigenvalue weighted by Gasteiger charge is -2.03. The number of ketones is 1. The molecule has 0 atom stereocenters. The standard InChI is InChI=1S/C12H8FNOS/c13-8-2-3-9-7(5-8)1-4-10-12(11(9)15)16-6-14-10/h2-3,5-6H,1,4H2. The fourth-order valence-corrected chi connectivity index (χ4v) is 2.79. The van der Waals surface area contributed by atoms with Gasteiger partial charge in [0.1, 0.15) is 5.82 Å². The lowest BCUT2D eigenvalue weighted by molar-refractivity contribution is 0.104. The van der Waals surface area contributed by atoms with Crippen LogP contribution < -0.4 is 0 Å². The van der Waals surface area contributed by atoms with Crippen LogP contribution in [0.15, 0.2) is 23.7 Å². The van der Waals surface area contributed by atoms with Gasteiger partial charge in [0, 0.05) is 5.56 Å². The summed E-state index contributed by atoms with van der Waals surface area (Å²) in [5, 5.41) is 0. The third-order valence-electron chi connectivity index (χ3n) is 2.79. The van der Waals surface area contributed by atoms with E-state index in [1.165, 1.54) is 23.5 Å². The number of thiazole rings is 1. The first-order valence-electron chi connectivity index (χ1n) is 5.01. The lowest BCUT2D eigenvalue weighted by Crippen LogP contribution is -2.02. The van der Waals surface area contributed by atoms with Gasteiger partial charge in [-0.25, -0.2) is 9.37 Å². The van der Waals surface area contributed by atoms with Crippen LogP contribution in [0.25, 0.3) is 0 Å². The second kappa shape index (κ2) is 3.49. The maximum atomic E-state index is 13.1. The van der Waals surface area contributed by atoms with E-state index in [9.17, 15) is 9.18 Å². The van der Waals surface area contributed by atoms with Crippen LogP contribution in [0.2, 0.25) is 0 Å². The molecule has 80 valence electrons. The smallest absolute Gasteiger partial charge is 0.205 e. The van der Waals surface area contributed by atoms with Crippen molar-refractivity contribution in [3.8, 4) is 0 Å². The molecule has 2 nitrogen and oxygen atoms in total.